The third-order valence-corrected chi connectivity index (χ3v) is 4.84. The predicted octanol–water partition coefficient (Wildman–Crippen LogP) is 7.42. The first-order valence-electron chi connectivity index (χ1n) is 10.8. The zero-order valence-electron chi connectivity index (χ0n) is 18.9. The number of amides is 1. The summed E-state index contributed by atoms with van der Waals surface area (Å²) in [5, 5.41) is 9.78. The summed E-state index contributed by atoms with van der Waals surface area (Å²) in [6, 6.07) is 9.78. The van der Waals surface area contributed by atoms with Crippen LogP contribution in [0.3, 0.4) is 0 Å². The highest BCUT2D eigenvalue weighted by Crippen LogP contribution is 2.29. The number of alkyl halides is 3. The van der Waals surface area contributed by atoms with E-state index in [0.717, 1.165) is 25.7 Å². The maximum atomic E-state index is 13.7. The molecule has 1 unspecified atom stereocenters. The quantitative estimate of drug-likeness (QED) is 0.284. The van der Waals surface area contributed by atoms with Crippen LogP contribution in [0, 0.1) is 17.6 Å². The number of benzene rings is 2. The minimum Gasteiger partial charge on any atom is -0.475 e. The van der Waals surface area contributed by atoms with E-state index in [-0.39, 0.29) is 0 Å². The Bertz CT molecular complexity index is 934. The van der Waals surface area contributed by atoms with E-state index in [9.17, 15) is 26.7 Å². The highest BCUT2D eigenvalue weighted by molar-refractivity contribution is 5.91. The molecule has 0 aromatic heterocycles. The number of carboxylic acid groups (broad SMARTS) is 1. The molecule has 0 bridgehead atoms. The van der Waals surface area contributed by atoms with Gasteiger partial charge in [0.15, 0.2) is 0 Å². The number of rotatable bonds is 9. The van der Waals surface area contributed by atoms with Crippen molar-refractivity contribution in [3.05, 3.63) is 54.1 Å². The standard InChI is InChI=1S/C22H27F2NO2.C2HF3O2/c1-3-5-6-8-16(4-2)15-27-22(26)25-21-12-11-19(24)14-20(21)17-9-7-10-18(23)13-17;3-2(4,5)1(6)7/h7,9-14,16H,3-6,8,15H2,1-2H3,(H,25,26);(H,6,7). The molecular formula is C24H28F5NO4. The van der Waals surface area contributed by atoms with E-state index in [1.807, 2.05) is 0 Å². The number of aliphatic carboxylic acids is 1. The van der Waals surface area contributed by atoms with Gasteiger partial charge in [0.2, 0.25) is 0 Å². The van der Waals surface area contributed by atoms with Gasteiger partial charge in [-0.25, -0.2) is 18.4 Å². The summed E-state index contributed by atoms with van der Waals surface area (Å²) >= 11 is 0. The van der Waals surface area contributed by atoms with E-state index >= 15 is 0 Å². The lowest BCUT2D eigenvalue weighted by Crippen LogP contribution is -2.21. The normalized spacial score (nSPS) is 11.7. The molecule has 0 heterocycles. The highest BCUT2D eigenvalue weighted by Gasteiger charge is 2.38. The van der Waals surface area contributed by atoms with Gasteiger partial charge >= 0.3 is 18.2 Å². The van der Waals surface area contributed by atoms with E-state index in [1.54, 1.807) is 12.1 Å². The van der Waals surface area contributed by atoms with E-state index in [4.69, 9.17) is 14.6 Å². The Morgan fingerprint density at radius 1 is 1.03 bits per heavy atom. The summed E-state index contributed by atoms with van der Waals surface area (Å²) in [4.78, 5) is 21.1. The van der Waals surface area contributed by atoms with Crippen LogP contribution in [0.25, 0.3) is 11.1 Å². The molecule has 0 aliphatic carbocycles. The lowest BCUT2D eigenvalue weighted by atomic mass is 10.00. The molecule has 0 saturated carbocycles. The second-order valence-electron chi connectivity index (χ2n) is 7.50. The van der Waals surface area contributed by atoms with Crippen molar-refractivity contribution in [2.24, 2.45) is 5.92 Å². The van der Waals surface area contributed by atoms with Gasteiger partial charge in [0.1, 0.15) is 11.6 Å². The minimum atomic E-state index is -5.08. The summed E-state index contributed by atoms with van der Waals surface area (Å²) in [5.41, 5.74) is 1.27. The van der Waals surface area contributed by atoms with Crippen LogP contribution in [0.2, 0.25) is 0 Å². The molecule has 0 radical (unpaired) electrons. The molecule has 0 spiro atoms. The zero-order valence-corrected chi connectivity index (χ0v) is 18.9. The van der Waals surface area contributed by atoms with Crippen LogP contribution in [0.15, 0.2) is 42.5 Å². The maximum absolute atomic E-state index is 13.7. The second kappa shape index (κ2) is 14.2. The Morgan fingerprint density at radius 2 is 1.68 bits per heavy atom. The van der Waals surface area contributed by atoms with Gasteiger partial charge in [-0.15, -0.1) is 0 Å². The topological polar surface area (TPSA) is 75.6 Å². The highest BCUT2D eigenvalue weighted by atomic mass is 19.4. The van der Waals surface area contributed by atoms with Gasteiger partial charge in [0.25, 0.3) is 0 Å². The molecule has 1 amide bonds. The van der Waals surface area contributed by atoms with Crippen LogP contribution in [0.5, 0.6) is 0 Å². The van der Waals surface area contributed by atoms with E-state index in [1.165, 1.54) is 36.8 Å². The molecule has 1 atom stereocenters. The predicted molar refractivity (Wildman–Crippen MR) is 118 cm³/mol. The molecule has 2 N–H and O–H groups in total. The molecule has 0 aliphatic heterocycles. The number of hydrogen-bond donors (Lipinski definition) is 2. The number of unbranched alkanes of at least 4 members (excludes halogenated alkanes) is 2. The summed E-state index contributed by atoms with van der Waals surface area (Å²) < 4.78 is 64.3. The molecule has 0 aliphatic rings. The Labute approximate surface area is 194 Å². The van der Waals surface area contributed by atoms with Gasteiger partial charge < -0.3 is 9.84 Å². The first kappa shape index (κ1) is 28.9. The average Bonchev–Trinajstić information content (AvgIpc) is 2.77. The van der Waals surface area contributed by atoms with Gasteiger partial charge in [-0.2, -0.15) is 13.2 Å². The number of halogens is 5. The smallest absolute Gasteiger partial charge is 0.475 e. The number of carboxylic acids is 1. The van der Waals surface area contributed by atoms with E-state index < -0.39 is 29.9 Å². The van der Waals surface area contributed by atoms with Crippen molar-refractivity contribution >= 4 is 17.7 Å². The van der Waals surface area contributed by atoms with Crippen LogP contribution in [0.4, 0.5) is 32.4 Å². The lowest BCUT2D eigenvalue weighted by Gasteiger charge is -2.16. The fourth-order valence-electron chi connectivity index (χ4n) is 2.95. The Hall–Kier alpha value is -3.17. The molecule has 2 rings (SSSR count). The van der Waals surface area contributed by atoms with E-state index in [2.05, 4.69) is 19.2 Å². The Balaban J connectivity index is 0.000000718. The molecule has 34 heavy (non-hydrogen) atoms. The van der Waals surface area contributed by atoms with Gasteiger partial charge in [-0.3, -0.25) is 5.32 Å². The SMILES string of the molecule is CCCCCC(CC)COC(=O)Nc1ccc(F)cc1-c1cccc(F)c1.O=C(O)C(F)(F)F. The number of hydrogen-bond acceptors (Lipinski definition) is 3. The fourth-order valence-corrected chi connectivity index (χ4v) is 2.95. The van der Waals surface area contributed by atoms with Gasteiger partial charge in [-0.1, -0.05) is 51.7 Å². The van der Waals surface area contributed by atoms with Crippen molar-refractivity contribution < 1.29 is 41.4 Å². The van der Waals surface area contributed by atoms with Crippen LogP contribution in [-0.2, 0) is 9.53 Å². The monoisotopic (exact) mass is 489 g/mol. The van der Waals surface area contributed by atoms with Crippen molar-refractivity contribution in [3.63, 3.8) is 0 Å². The molecule has 2 aromatic rings. The lowest BCUT2D eigenvalue weighted by molar-refractivity contribution is -0.192. The van der Waals surface area contributed by atoms with Crippen molar-refractivity contribution in [1.82, 2.24) is 0 Å². The molecule has 0 fully saturated rings. The molecular weight excluding hydrogens is 461 g/mol. The summed E-state index contributed by atoms with van der Waals surface area (Å²) in [7, 11) is 0. The average molecular weight is 489 g/mol. The molecule has 188 valence electrons. The van der Waals surface area contributed by atoms with Crippen molar-refractivity contribution in [1.29, 1.82) is 0 Å². The first-order valence-corrected chi connectivity index (χ1v) is 10.8. The molecule has 10 heteroatoms. The van der Waals surface area contributed by atoms with Gasteiger partial charge in [0, 0.05) is 5.56 Å². The van der Waals surface area contributed by atoms with Crippen LogP contribution in [-0.4, -0.2) is 30.0 Å². The van der Waals surface area contributed by atoms with Crippen molar-refractivity contribution in [2.45, 2.75) is 52.1 Å². The van der Waals surface area contributed by atoms with Crippen molar-refractivity contribution in [3.8, 4) is 11.1 Å². The number of nitrogens with one attached hydrogen (secondary N) is 1. The molecule has 5 nitrogen and oxygen atoms in total. The number of carbonyl (C=O) groups is 2. The van der Waals surface area contributed by atoms with Crippen molar-refractivity contribution in [2.75, 3.05) is 11.9 Å². The Morgan fingerprint density at radius 3 is 2.24 bits per heavy atom. The Kier molecular flexibility index (Phi) is 12.0. The zero-order chi connectivity index (χ0) is 25.7. The largest absolute Gasteiger partial charge is 0.490 e. The van der Waals surface area contributed by atoms with E-state index in [0.29, 0.717) is 29.3 Å². The second-order valence-corrected chi connectivity index (χ2v) is 7.50. The van der Waals surface area contributed by atoms with Gasteiger partial charge in [0.05, 0.1) is 12.3 Å². The first-order chi connectivity index (χ1) is 16.0. The third-order valence-electron chi connectivity index (χ3n) is 4.84. The minimum absolute atomic E-state index is 0.332. The summed E-state index contributed by atoms with van der Waals surface area (Å²) in [6.07, 6.45) is -0.236. The molecule has 0 saturated heterocycles. The van der Waals surface area contributed by atoms with Crippen LogP contribution in [0.1, 0.15) is 46.0 Å². The van der Waals surface area contributed by atoms with Crippen LogP contribution >= 0.6 is 0 Å². The number of anilines is 1. The van der Waals surface area contributed by atoms with Gasteiger partial charge in [-0.05, 0) is 48.2 Å². The molecule has 2 aromatic carbocycles. The number of carbonyl (C=O) groups excluding carboxylic acids is 1. The summed E-state index contributed by atoms with van der Waals surface area (Å²) in [5.74, 6) is -3.32. The third kappa shape index (κ3) is 10.6. The summed E-state index contributed by atoms with van der Waals surface area (Å²) in [6.45, 7) is 4.59. The maximum Gasteiger partial charge on any atom is 0.490 e. The van der Waals surface area contributed by atoms with Crippen LogP contribution < -0.4 is 5.32 Å². The number of ether oxygens (including phenoxy) is 1. The fraction of sp³-hybridized carbons (Fsp3) is 0.417.